The van der Waals surface area contributed by atoms with E-state index in [2.05, 4.69) is 17.6 Å². The van der Waals surface area contributed by atoms with Crippen LogP contribution in [0, 0.1) is 5.92 Å². The number of carbonyl (C=O) groups excluding carboxylic acids is 1. The first kappa shape index (κ1) is 13.6. The third kappa shape index (κ3) is 3.82. The molecule has 18 heavy (non-hydrogen) atoms. The summed E-state index contributed by atoms with van der Waals surface area (Å²) in [7, 11) is 0. The molecule has 1 aromatic heterocycles. The third-order valence-electron chi connectivity index (χ3n) is 3.61. The second kappa shape index (κ2) is 6.90. The molecule has 100 valence electrons. The van der Waals surface area contributed by atoms with Crippen molar-refractivity contribution in [2.45, 2.75) is 26.2 Å². The molecule has 0 radical (unpaired) electrons. The van der Waals surface area contributed by atoms with Gasteiger partial charge in [-0.15, -0.1) is 0 Å². The Balaban J connectivity index is 1.85. The third-order valence-corrected chi connectivity index (χ3v) is 4.34. The van der Waals surface area contributed by atoms with Crippen molar-refractivity contribution in [3.63, 3.8) is 0 Å². The van der Waals surface area contributed by atoms with Crippen LogP contribution in [-0.4, -0.2) is 37.0 Å². The Labute approximate surface area is 113 Å². The van der Waals surface area contributed by atoms with Crippen LogP contribution in [0.3, 0.4) is 0 Å². The van der Waals surface area contributed by atoms with E-state index in [1.165, 1.54) is 12.8 Å². The number of piperidine rings is 1. The first-order chi connectivity index (χ1) is 8.79. The summed E-state index contributed by atoms with van der Waals surface area (Å²) in [5.74, 6) is 0.951. The lowest BCUT2D eigenvalue weighted by Crippen LogP contribution is -2.39. The molecule has 1 amide bonds. The number of nitrogens with one attached hydrogen (secondary N) is 1. The molecule has 0 spiro atoms. The Morgan fingerprint density at radius 2 is 2.28 bits per heavy atom. The van der Waals surface area contributed by atoms with Gasteiger partial charge in [-0.2, -0.15) is 11.3 Å². The summed E-state index contributed by atoms with van der Waals surface area (Å²) in [5, 5.41) is 7.47. The Kier molecular flexibility index (Phi) is 5.20. The summed E-state index contributed by atoms with van der Waals surface area (Å²) in [4.78, 5) is 14.3. The number of nitrogens with zero attached hydrogens (tertiary/aromatic N) is 1. The van der Waals surface area contributed by atoms with Crippen molar-refractivity contribution >= 4 is 17.2 Å². The van der Waals surface area contributed by atoms with Gasteiger partial charge in [-0.1, -0.05) is 0 Å². The van der Waals surface area contributed by atoms with Crippen LogP contribution in [0.5, 0.6) is 0 Å². The smallest absolute Gasteiger partial charge is 0.227 e. The minimum absolute atomic E-state index is 0.273. The maximum absolute atomic E-state index is 12.2. The van der Waals surface area contributed by atoms with Crippen LogP contribution in [0.25, 0.3) is 0 Å². The first-order valence-electron chi connectivity index (χ1n) is 6.79. The number of likely N-dealkylation sites (N-methyl/N-ethyl adjacent to an activating group) is 1. The number of thiophene rings is 1. The van der Waals surface area contributed by atoms with Gasteiger partial charge in [-0.25, -0.2) is 0 Å². The van der Waals surface area contributed by atoms with Gasteiger partial charge in [0.15, 0.2) is 0 Å². The van der Waals surface area contributed by atoms with E-state index in [0.717, 1.165) is 31.7 Å². The van der Waals surface area contributed by atoms with Gasteiger partial charge in [-0.05, 0) is 61.2 Å². The van der Waals surface area contributed by atoms with Crippen molar-refractivity contribution < 1.29 is 4.79 Å². The van der Waals surface area contributed by atoms with Gasteiger partial charge in [0.25, 0.3) is 0 Å². The zero-order chi connectivity index (χ0) is 12.8. The van der Waals surface area contributed by atoms with Crippen LogP contribution >= 0.6 is 11.3 Å². The van der Waals surface area contributed by atoms with Gasteiger partial charge >= 0.3 is 0 Å². The molecule has 2 rings (SSSR count). The predicted octanol–water partition coefficient (Wildman–Crippen LogP) is 2.14. The number of hydrogen-bond acceptors (Lipinski definition) is 3. The SMILES string of the molecule is CCN(CC1CCNCC1)C(=O)Cc1ccsc1. The maximum atomic E-state index is 12.2. The number of hydrogen-bond donors (Lipinski definition) is 1. The fraction of sp³-hybridized carbons (Fsp3) is 0.643. The quantitative estimate of drug-likeness (QED) is 0.885. The van der Waals surface area contributed by atoms with Crippen LogP contribution in [0.4, 0.5) is 0 Å². The van der Waals surface area contributed by atoms with Crippen LogP contribution in [0.1, 0.15) is 25.3 Å². The molecule has 1 aliphatic heterocycles. The normalized spacial score (nSPS) is 16.7. The molecule has 3 nitrogen and oxygen atoms in total. The Hall–Kier alpha value is -0.870. The highest BCUT2D eigenvalue weighted by molar-refractivity contribution is 7.07. The average molecular weight is 266 g/mol. The molecule has 0 aromatic carbocycles. The van der Waals surface area contributed by atoms with E-state index in [4.69, 9.17) is 0 Å². The van der Waals surface area contributed by atoms with Gasteiger partial charge in [0.05, 0.1) is 6.42 Å². The fourth-order valence-corrected chi connectivity index (χ4v) is 3.13. The summed E-state index contributed by atoms with van der Waals surface area (Å²) in [6.45, 7) is 6.03. The molecule has 0 aliphatic carbocycles. The van der Waals surface area contributed by atoms with Gasteiger partial charge < -0.3 is 10.2 Å². The summed E-state index contributed by atoms with van der Waals surface area (Å²) >= 11 is 1.66. The summed E-state index contributed by atoms with van der Waals surface area (Å²) in [6.07, 6.45) is 2.95. The number of amides is 1. The zero-order valence-electron chi connectivity index (χ0n) is 11.0. The summed E-state index contributed by atoms with van der Waals surface area (Å²) < 4.78 is 0. The van der Waals surface area contributed by atoms with Gasteiger partial charge in [0.1, 0.15) is 0 Å². The predicted molar refractivity (Wildman–Crippen MR) is 75.9 cm³/mol. The molecule has 0 bridgehead atoms. The van der Waals surface area contributed by atoms with E-state index < -0.39 is 0 Å². The largest absolute Gasteiger partial charge is 0.342 e. The second-order valence-corrected chi connectivity index (χ2v) is 5.71. The molecule has 1 fully saturated rings. The first-order valence-corrected chi connectivity index (χ1v) is 7.73. The van der Waals surface area contributed by atoms with Crippen LogP contribution in [-0.2, 0) is 11.2 Å². The molecule has 0 unspecified atom stereocenters. The van der Waals surface area contributed by atoms with Crippen molar-refractivity contribution in [1.29, 1.82) is 0 Å². The van der Waals surface area contributed by atoms with E-state index >= 15 is 0 Å². The Morgan fingerprint density at radius 1 is 1.50 bits per heavy atom. The van der Waals surface area contributed by atoms with E-state index in [9.17, 15) is 4.79 Å². The fourth-order valence-electron chi connectivity index (χ4n) is 2.46. The summed E-state index contributed by atoms with van der Waals surface area (Å²) in [6, 6.07) is 2.04. The molecule has 4 heteroatoms. The van der Waals surface area contributed by atoms with Crippen LogP contribution < -0.4 is 5.32 Å². The van der Waals surface area contributed by atoms with Crippen molar-refractivity contribution in [2.24, 2.45) is 5.92 Å². The highest BCUT2D eigenvalue weighted by Crippen LogP contribution is 2.15. The van der Waals surface area contributed by atoms with E-state index in [-0.39, 0.29) is 5.91 Å². The Morgan fingerprint density at radius 3 is 2.89 bits per heavy atom. The zero-order valence-corrected chi connectivity index (χ0v) is 11.8. The van der Waals surface area contributed by atoms with Gasteiger partial charge in [0.2, 0.25) is 5.91 Å². The molecule has 0 atom stereocenters. The van der Waals surface area contributed by atoms with E-state index in [1.54, 1.807) is 11.3 Å². The molecular formula is C14H22N2OS. The van der Waals surface area contributed by atoms with E-state index in [1.807, 2.05) is 16.3 Å². The Bertz CT molecular complexity index is 358. The molecule has 1 aromatic rings. The lowest BCUT2D eigenvalue weighted by molar-refractivity contribution is -0.131. The number of carbonyl (C=O) groups is 1. The van der Waals surface area contributed by atoms with Crippen molar-refractivity contribution in [2.75, 3.05) is 26.2 Å². The highest BCUT2D eigenvalue weighted by Gasteiger charge is 2.19. The average Bonchev–Trinajstić information content (AvgIpc) is 2.90. The molecule has 1 aliphatic rings. The second-order valence-electron chi connectivity index (χ2n) is 4.93. The molecule has 1 saturated heterocycles. The lowest BCUT2D eigenvalue weighted by Gasteiger charge is -2.29. The standard InChI is InChI=1S/C14H22N2OS/c1-2-16(10-12-3-6-15-7-4-12)14(17)9-13-5-8-18-11-13/h5,8,11-12,15H,2-4,6-7,9-10H2,1H3. The minimum atomic E-state index is 0.273. The van der Waals surface area contributed by atoms with Gasteiger partial charge in [0, 0.05) is 13.1 Å². The van der Waals surface area contributed by atoms with Crippen molar-refractivity contribution in [1.82, 2.24) is 10.2 Å². The minimum Gasteiger partial charge on any atom is -0.342 e. The molecule has 0 saturated carbocycles. The van der Waals surface area contributed by atoms with Gasteiger partial charge in [-0.3, -0.25) is 4.79 Å². The van der Waals surface area contributed by atoms with Crippen molar-refractivity contribution in [3.8, 4) is 0 Å². The molecule has 2 heterocycles. The topological polar surface area (TPSA) is 32.3 Å². The molecule has 1 N–H and O–H groups in total. The van der Waals surface area contributed by atoms with Crippen LogP contribution in [0.15, 0.2) is 16.8 Å². The van der Waals surface area contributed by atoms with E-state index in [0.29, 0.717) is 12.3 Å². The highest BCUT2D eigenvalue weighted by atomic mass is 32.1. The van der Waals surface area contributed by atoms with Crippen LogP contribution in [0.2, 0.25) is 0 Å². The summed E-state index contributed by atoms with van der Waals surface area (Å²) in [5.41, 5.74) is 1.15. The molecular weight excluding hydrogens is 244 g/mol. The van der Waals surface area contributed by atoms with Crippen molar-refractivity contribution in [3.05, 3.63) is 22.4 Å². The number of rotatable bonds is 5. The maximum Gasteiger partial charge on any atom is 0.227 e. The lowest BCUT2D eigenvalue weighted by atomic mass is 9.97. The monoisotopic (exact) mass is 266 g/mol.